The van der Waals surface area contributed by atoms with Gasteiger partial charge >= 0.3 is 5.69 Å². The fourth-order valence-corrected chi connectivity index (χ4v) is 5.22. The van der Waals surface area contributed by atoms with E-state index in [2.05, 4.69) is 4.98 Å². The molecule has 1 N–H and O–H groups in total. The molecule has 3 aromatic rings. The number of hydrogen-bond donors (Lipinski definition) is 1. The van der Waals surface area contributed by atoms with Gasteiger partial charge in [0.15, 0.2) is 0 Å². The third kappa shape index (κ3) is 3.61. The number of fused-ring (bicyclic) bond motifs is 1. The van der Waals surface area contributed by atoms with E-state index < -0.39 is 0 Å². The molecule has 2 fully saturated rings. The van der Waals surface area contributed by atoms with Gasteiger partial charge in [0.05, 0.1) is 23.0 Å². The molecular weight excluding hydrogens is 404 g/mol. The van der Waals surface area contributed by atoms with Gasteiger partial charge in [0.25, 0.3) is 0 Å². The minimum Gasteiger partial charge on any atom is -0.342 e. The number of para-hydroxylation sites is 2. The molecule has 2 amide bonds. The highest BCUT2D eigenvalue weighted by atomic mass is 16.2. The van der Waals surface area contributed by atoms with Crippen molar-refractivity contribution in [3.05, 3.63) is 70.6 Å². The molecule has 2 atom stereocenters. The van der Waals surface area contributed by atoms with Crippen LogP contribution in [-0.4, -0.2) is 50.8 Å². The lowest BCUT2D eigenvalue weighted by Gasteiger charge is -2.34. The second kappa shape index (κ2) is 8.30. The molecular formula is C25H28N4O3. The van der Waals surface area contributed by atoms with Crippen molar-refractivity contribution in [2.24, 2.45) is 5.92 Å². The van der Waals surface area contributed by atoms with Gasteiger partial charge in [-0.1, -0.05) is 42.5 Å². The Bertz CT molecular complexity index is 1190. The Hall–Kier alpha value is -3.35. The van der Waals surface area contributed by atoms with Crippen LogP contribution in [0.15, 0.2) is 59.4 Å². The molecule has 1 aromatic heterocycles. The monoisotopic (exact) mass is 432 g/mol. The van der Waals surface area contributed by atoms with Crippen molar-refractivity contribution < 1.29 is 9.59 Å². The zero-order valence-corrected chi connectivity index (χ0v) is 18.2. The number of likely N-dealkylation sites (tertiary alicyclic amines) is 2. The van der Waals surface area contributed by atoms with Crippen molar-refractivity contribution in [2.75, 3.05) is 19.6 Å². The maximum absolute atomic E-state index is 13.2. The number of hydrogen-bond acceptors (Lipinski definition) is 3. The molecule has 5 rings (SSSR count). The number of carbonyl (C=O) groups excluding carboxylic acids is 2. The number of carbonyl (C=O) groups is 2. The van der Waals surface area contributed by atoms with E-state index in [0.717, 1.165) is 29.4 Å². The second-order valence-corrected chi connectivity index (χ2v) is 8.91. The summed E-state index contributed by atoms with van der Waals surface area (Å²) in [5.74, 6) is -0.188. The smallest absolute Gasteiger partial charge is 0.326 e. The predicted octanol–water partition coefficient (Wildman–Crippen LogP) is 3.10. The van der Waals surface area contributed by atoms with Crippen LogP contribution < -0.4 is 5.69 Å². The number of aromatic nitrogens is 2. The van der Waals surface area contributed by atoms with Crippen LogP contribution in [0.4, 0.5) is 0 Å². The molecule has 0 saturated carbocycles. The molecule has 7 nitrogen and oxygen atoms in total. The van der Waals surface area contributed by atoms with E-state index >= 15 is 0 Å². The number of H-pyrrole nitrogens is 1. The number of rotatable bonds is 4. The minimum atomic E-state index is -0.291. The fourth-order valence-electron chi connectivity index (χ4n) is 5.22. The first kappa shape index (κ1) is 20.5. The predicted molar refractivity (Wildman–Crippen MR) is 122 cm³/mol. The van der Waals surface area contributed by atoms with Gasteiger partial charge in [0, 0.05) is 32.1 Å². The normalized spacial score (nSPS) is 20.8. The fraction of sp³-hybridized carbons (Fsp3) is 0.400. The number of imidazole rings is 1. The maximum atomic E-state index is 13.2. The molecule has 2 aliphatic rings. The molecule has 0 bridgehead atoms. The van der Waals surface area contributed by atoms with Gasteiger partial charge < -0.3 is 14.8 Å². The minimum absolute atomic E-state index is 0.0408. The first-order valence-corrected chi connectivity index (χ1v) is 11.4. The Morgan fingerprint density at radius 2 is 1.69 bits per heavy atom. The van der Waals surface area contributed by atoms with Crippen LogP contribution in [0, 0.1) is 5.92 Å². The van der Waals surface area contributed by atoms with Crippen molar-refractivity contribution in [3.8, 4) is 0 Å². The second-order valence-electron chi connectivity index (χ2n) is 8.91. The average Bonchev–Trinajstić information content (AvgIpc) is 3.38. The first-order valence-electron chi connectivity index (χ1n) is 11.4. The molecule has 0 aliphatic carbocycles. The van der Waals surface area contributed by atoms with Crippen LogP contribution in [-0.2, 0) is 9.59 Å². The molecule has 7 heteroatoms. The van der Waals surface area contributed by atoms with Crippen LogP contribution in [0.1, 0.15) is 43.8 Å². The Balaban J connectivity index is 1.23. The molecule has 2 saturated heterocycles. The Morgan fingerprint density at radius 1 is 1.00 bits per heavy atom. The Labute approximate surface area is 186 Å². The third-order valence-electron chi connectivity index (χ3n) is 7.02. The molecule has 0 radical (unpaired) electrons. The highest BCUT2D eigenvalue weighted by Gasteiger charge is 2.39. The topological polar surface area (TPSA) is 78.4 Å². The summed E-state index contributed by atoms with van der Waals surface area (Å²) in [6, 6.07) is 17.7. The molecule has 3 heterocycles. The van der Waals surface area contributed by atoms with Gasteiger partial charge in [-0.2, -0.15) is 0 Å². The molecule has 2 aliphatic heterocycles. The molecule has 32 heavy (non-hydrogen) atoms. The van der Waals surface area contributed by atoms with Crippen molar-refractivity contribution >= 4 is 22.8 Å². The summed E-state index contributed by atoms with van der Waals surface area (Å²) in [5.41, 5.74) is 2.74. The Morgan fingerprint density at radius 3 is 2.44 bits per heavy atom. The number of benzene rings is 2. The summed E-state index contributed by atoms with van der Waals surface area (Å²) < 4.78 is 1.83. The zero-order valence-electron chi connectivity index (χ0n) is 18.2. The number of piperidine rings is 1. The van der Waals surface area contributed by atoms with Crippen LogP contribution in [0.25, 0.3) is 11.0 Å². The van der Waals surface area contributed by atoms with E-state index in [1.807, 2.05) is 75.9 Å². The summed E-state index contributed by atoms with van der Waals surface area (Å²) in [6.07, 6.45) is 1.74. The summed E-state index contributed by atoms with van der Waals surface area (Å²) >= 11 is 0. The molecule has 166 valence electrons. The van der Waals surface area contributed by atoms with Crippen LogP contribution >= 0.6 is 0 Å². The van der Waals surface area contributed by atoms with Crippen molar-refractivity contribution in [2.45, 2.75) is 38.3 Å². The van der Waals surface area contributed by atoms with Gasteiger partial charge in [-0.15, -0.1) is 0 Å². The lowest BCUT2D eigenvalue weighted by molar-refractivity contribution is -0.137. The number of nitrogens with one attached hydrogen (secondary N) is 1. The summed E-state index contributed by atoms with van der Waals surface area (Å²) in [5, 5.41) is 0. The highest BCUT2D eigenvalue weighted by Crippen LogP contribution is 2.31. The van der Waals surface area contributed by atoms with E-state index in [9.17, 15) is 14.4 Å². The maximum Gasteiger partial charge on any atom is 0.326 e. The SMILES string of the molecule is C[C@@H](c1ccccc1)N1C[C@H](C(=O)N2CCC(n3c(=O)[nH]c4ccccc43)CC2)CC1=O. The highest BCUT2D eigenvalue weighted by molar-refractivity contribution is 5.89. The van der Waals surface area contributed by atoms with E-state index in [-0.39, 0.29) is 41.9 Å². The van der Waals surface area contributed by atoms with E-state index in [1.54, 1.807) is 0 Å². The van der Waals surface area contributed by atoms with E-state index in [1.165, 1.54) is 0 Å². The van der Waals surface area contributed by atoms with Crippen molar-refractivity contribution in [3.63, 3.8) is 0 Å². The van der Waals surface area contributed by atoms with Crippen LogP contribution in [0.2, 0.25) is 0 Å². The van der Waals surface area contributed by atoms with E-state index in [0.29, 0.717) is 19.6 Å². The third-order valence-corrected chi connectivity index (χ3v) is 7.02. The quantitative estimate of drug-likeness (QED) is 0.688. The first-order chi connectivity index (χ1) is 15.5. The van der Waals surface area contributed by atoms with Gasteiger partial charge in [-0.05, 0) is 37.5 Å². The Kier molecular flexibility index (Phi) is 5.33. The number of aromatic amines is 1. The van der Waals surface area contributed by atoms with Gasteiger partial charge in [0.2, 0.25) is 11.8 Å². The van der Waals surface area contributed by atoms with Crippen molar-refractivity contribution in [1.29, 1.82) is 0 Å². The largest absolute Gasteiger partial charge is 0.342 e. The molecule has 0 spiro atoms. The lowest BCUT2D eigenvalue weighted by Crippen LogP contribution is -2.43. The van der Waals surface area contributed by atoms with Gasteiger partial charge in [-0.25, -0.2) is 4.79 Å². The summed E-state index contributed by atoms with van der Waals surface area (Å²) in [7, 11) is 0. The summed E-state index contributed by atoms with van der Waals surface area (Å²) in [6.45, 7) is 3.70. The van der Waals surface area contributed by atoms with Gasteiger partial charge in [0.1, 0.15) is 0 Å². The van der Waals surface area contributed by atoms with E-state index in [4.69, 9.17) is 0 Å². The zero-order chi connectivity index (χ0) is 22.2. The van der Waals surface area contributed by atoms with Crippen LogP contribution in [0.5, 0.6) is 0 Å². The number of amides is 2. The van der Waals surface area contributed by atoms with Gasteiger partial charge in [-0.3, -0.25) is 14.2 Å². The summed E-state index contributed by atoms with van der Waals surface area (Å²) in [4.78, 5) is 45.0. The molecule has 0 unspecified atom stereocenters. The average molecular weight is 433 g/mol. The van der Waals surface area contributed by atoms with Crippen molar-refractivity contribution in [1.82, 2.24) is 19.4 Å². The molecule has 2 aromatic carbocycles. The lowest BCUT2D eigenvalue weighted by atomic mass is 10.0. The number of nitrogens with zero attached hydrogens (tertiary/aromatic N) is 3. The standard InChI is InChI=1S/C25H28N4O3/c1-17(18-7-3-2-4-8-18)28-16-19(15-23(28)30)24(31)27-13-11-20(12-14-27)29-22-10-6-5-9-21(22)26-25(29)32/h2-10,17,19-20H,11-16H2,1H3,(H,26,32)/t17-,19+/m0/s1. The van der Waals surface area contributed by atoms with Crippen LogP contribution in [0.3, 0.4) is 0 Å².